The molecule has 1 fully saturated rings. The fourth-order valence-electron chi connectivity index (χ4n) is 3.21. The predicted octanol–water partition coefficient (Wildman–Crippen LogP) is 2.34. The van der Waals surface area contributed by atoms with E-state index >= 15 is 0 Å². The number of aryl methyl sites for hydroxylation is 1. The highest BCUT2D eigenvalue weighted by Gasteiger charge is 2.37. The number of nitrogens with zero attached hydrogens (tertiary/aromatic N) is 2. The van der Waals surface area contributed by atoms with E-state index in [4.69, 9.17) is 4.74 Å². The van der Waals surface area contributed by atoms with Crippen LogP contribution < -0.4 is 4.74 Å². The molecule has 1 aliphatic rings. The van der Waals surface area contributed by atoms with Gasteiger partial charge in [0.25, 0.3) is 5.91 Å². The average molecular weight is 328 g/mol. The Labute approximate surface area is 140 Å². The zero-order valence-electron chi connectivity index (χ0n) is 13.9. The monoisotopic (exact) mass is 328 g/mol. The van der Waals surface area contributed by atoms with Crippen molar-refractivity contribution < 1.29 is 19.4 Å². The van der Waals surface area contributed by atoms with Crippen LogP contribution in [0.4, 0.5) is 0 Å². The second-order valence-electron chi connectivity index (χ2n) is 6.31. The summed E-state index contributed by atoms with van der Waals surface area (Å²) in [6.07, 6.45) is 0. The van der Waals surface area contributed by atoms with E-state index in [9.17, 15) is 14.7 Å². The lowest BCUT2D eigenvalue weighted by Crippen LogP contribution is -2.30. The molecule has 2 aromatic rings. The third-order valence-electron chi connectivity index (χ3n) is 4.66. The largest absolute Gasteiger partial charge is 0.497 e. The van der Waals surface area contributed by atoms with Crippen molar-refractivity contribution in [3.63, 3.8) is 0 Å². The Morgan fingerprint density at radius 2 is 2.04 bits per heavy atom. The smallest absolute Gasteiger partial charge is 0.308 e. The molecular weight excluding hydrogens is 308 g/mol. The Balaban J connectivity index is 1.93. The molecule has 2 atom stereocenters. The third-order valence-corrected chi connectivity index (χ3v) is 4.66. The van der Waals surface area contributed by atoms with Gasteiger partial charge in [-0.2, -0.15) is 0 Å². The van der Waals surface area contributed by atoms with Gasteiger partial charge in [-0.05, 0) is 31.0 Å². The van der Waals surface area contributed by atoms with Crippen LogP contribution in [0.5, 0.6) is 5.75 Å². The van der Waals surface area contributed by atoms with Gasteiger partial charge in [-0.3, -0.25) is 14.6 Å². The molecule has 1 aliphatic heterocycles. The van der Waals surface area contributed by atoms with Crippen LogP contribution in [0, 0.1) is 18.8 Å². The zero-order valence-corrected chi connectivity index (χ0v) is 13.9. The molecule has 1 saturated heterocycles. The van der Waals surface area contributed by atoms with Gasteiger partial charge in [0.15, 0.2) is 0 Å². The highest BCUT2D eigenvalue weighted by molar-refractivity contribution is 5.99. The van der Waals surface area contributed by atoms with Crippen LogP contribution in [0.25, 0.3) is 10.9 Å². The molecule has 0 unspecified atom stereocenters. The number of rotatable bonds is 3. The van der Waals surface area contributed by atoms with E-state index in [0.29, 0.717) is 23.6 Å². The summed E-state index contributed by atoms with van der Waals surface area (Å²) in [5, 5.41) is 10.1. The summed E-state index contributed by atoms with van der Waals surface area (Å²) in [4.78, 5) is 30.2. The summed E-state index contributed by atoms with van der Waals surface area (Å²) >= 11 is 0. The van der Waals surface area contributed by atoms with Crippen molar-refractivity contribution in [3.05, 3.63) is 35.5 Å². The van der Waals surface area contributed by atoms with Crippen molar-refractivity contribution >= 4 is 22.8 Å². The molecule has 0 bridgehead atoms. The molecule has 0 saturated carbocycles. The molecule has 1 aromatic carbocycles. The molecule has 1 aromatic heterocycles. The van der Waals surface area contributed by atoms with Crippen molar-refractivity contribution in [2.45, 2.75) is 13.8 Å². The van der Waals surface area contributed by atoms with Gasteiger partial charge in [0.05, 0.1) is 29.8 Å². The highest BCUT2D eigenvalue weighted by Crippen LogP contribution is 2.27. The van der Waals surface area contributed by atoms with Crippen LogP contribution in [0.2, 0.25) is 0 Å². The minimum Gasteiger partial charge on any atom is -0.497 e. The number of likely N-dealkylation sites (tertiary alicyclic amines) is 1. The maximum atomic E-state index is 12.8. The van der Waals surface area contributed by atoms with Crippen molar-refractivity contribution in [1.29, 1.82) is 0 Å². The first-order chi connectivity index (χ1) is 11.4. The van der Waals surface area contributed by atoms with E-state index in [-0.39, 0.29) is 18.4 Å². The number of amides is 1. The lowest BCUT2D eigenvalue weighted by Gasteiger charge is -2.17. The fourth-order valence-corrected chi connectivity index (χ4v) is 3.21. The van der Waals surface area contributed by atoms with Crippen molar-refractivity contribution in [1.82, 2.24) is 9.88 Å². The molecule has 3 rings (SSSR count). The van der Waals surface area contributed by atoms with E-state index in [1.807, 2.05) is 31.2 Å². The Morgan fingerprint density at radius 1 is 1.29 bits per heavy atom. The first kappa shape index (κ1) is 16.2. The lowest BCUT2D eigenvalue weighted by atomic mass is 9.99. The van der Waals surface area contributed by atoms with Crippen molar-refractivity contribution in [3.8, 4) is 5.75 Å². The van der Waals surface area contributed by atoms with Crippen molar-refractivity contribution in [2.75, 3.05) is 20.2 Å². The first-order valence-corrected chi connectivity index (χ1v) is 7.88. The van der Waals surface area contributed by atoms with Crippen LogP contribution >= 0.6 is 0 Å². The maximum absolute atomic E-state index is 12.8. The van der Waals surface area contributed by atoms with E-state index in [0.717, 1.165) is 10.9 Å². The number of carbonyl (C=O) groups excluding carboxylic acids is 1. The Bertz CT molecular complexity index is 818. The second kappa shape index (κ2) is 6.11. The number of fused-ring (bicyclic) bond motifs is 1. The summed E-state index contributed by atoms with van der Waals surface area (Å²) in [5.41, 5.74) is 1.92. The number of methoxy groups -OCH3 is 1. The van der Waals surface area contributed by atoms with Gasteiger partial charge >= 0.3 is 5.97 Å². The molecule has 126 valence electrons. The van der Waals surface area contributed by atoms with E-state index in [1.165, 1.54) is 0 Å². The number of hydrogen-bond acceptors (Lipinski definition) is 4. The third kappa shape index (κ3) is 2.79. The number of aliphatic carboxylic acids is 1. The van der Waals surface area contributed by atoms with Crippen molar-refractivity contribution in [2.24, 2.45) is 11.8 Å². The van der Waals surface area contributed by atoms with Crippen LogP contribution in [0.1, 0.15) is 23.0 Å². The Kier molecular flexibility index (Phi) is 4.13. The number of carboxylic acid groups (broad SMARTS) is 1. The highest BCUT2D eigenvalue weighted by atomic mass is 16.5. The average Bonchev–Trinajstić information content (AvgIpc) is 2.95. The number of carboxylic acids is 1. The number of benzene rings is 1. The molecular formula is C18H20N2O4. The van der Waals surface area contributed by atoms with Crippen LogP contribution in [0.3, 0.4) is 0 Å². The fraction of sp³-hybridized carbons (Fsp3) is 0.389. The lowest BCUT2D eigenvalue weighted by molar-refractivity contribution is -0.142. The molecule has 0 spiro atoms. The molecule has 24 heavy (non-hydrogen) atoms. The van der Waals surface area contributed by atoms with E-state index in [1.54, 1.807) is 18.9 Å². The minimum absolute atomic E-state index is 0.0515. The van der Waals surface area contributed by atoms with Gasteiger partial charge in [-0.25, -0.2) is 0 Å². The summed E-state index contributed by atoms with van der Waals surface area (Å²) in [6.45, 7) is 4.36. The van der Waals surface area contributed by atoms with Gasteiger partial charge in [0.1, 0.15) is 5.75 Å². The molecule has 1 N–H and O–H groups in total. The number of carbonyl (C=O) groups is 2. The van der Waals surface area contributed by atoms with Gasteiger partial charge in [-0.1, -0.05) is 6.92 Å². The van der Waals surface area contributed by atoms with Gasteiger partial charge in [0.2, 0.25) is 0 Å². The molecule has 0 radical (unpaired) electrons. The molecule has 6 heteroatoms. The number of pyridine rings is 1. The van der Waals surface area contributed by atoms with Crippen LogP contribution in [-0.4, -0.2) is 47.1 Å². The summed E-state index contributed by atoms with van der Waals surface area (Å²) in [5.74, 6) is -0.853. The number of aromatic nitrogens is 1. The molecule has 2 heterocycles. The van der Waals surface area contributed by atoms with Gasteiger partial charge in [0, 0.05) is 24.5 Å². The van der Waals surface area contributed by atoms with Crippen LogP contribution in [-0.2, 0) is 4.79 Å². The molecule has 1 amide bonds. The minimum atomic E-state index is -0.849. The van der Waals surface area contributed by atoms with E-state index < -0.39 is 11.9 Å². The topological polar surface area (TPSA) is 79.7 Å². The Morgan fingerprint density at radius 3 is 2.67 bits per heavy atom. The maximum Gasteiger partial charge on any atom is 0.308 e. The summed E-state index contributed by atoms with van der Waals surface area (Å²) in [7, 11) is 1.60. The molecule has 6 nitrogen and oxygen atoms in total. The summed E-state index contributed by atoms with van der Waals surface area (Å²) < 4.78 is 5.20. The van der Waals surface area contributed by atoms with Gasteiger partial charge < -0.3 is 14.7 Å². The zero-order chi connectivity index (χ0) is 17.4. The summed E-state index contributed by atoms with van der Waals surface area (Å²) in [6, 6.07) is 7.34. The number of hydrogen-bond donors (Lipinski definition) is 1. The normalized spacial score (nSPS) is 20.4. The second-order valence-corrected chi connectivity index (χ2v) is 6.31. The standard InChI is InChI=1S/C18H20N2O4/c1-10-8-20(9-15(10)18(22)23)17(21)14-6-12-4-5-13(24-3)7-16(12)19-11(14)2/h4-7,10,15H,8-9H2,1-3H3,(H,22,23)/t10-,15-/m1/s1. The first-order valence-electron chi connectivity index (χ1n) is 7.88. The molecule has 0 aliphatic carbocycles. The number of ether oxygens (including phenoxy) is 1. The van der Waals surface area contributed by atoms with E-state index in [2.05, 4.69) is 4.98 Å². The van der Waals surface area contributed by atoms with Gasteiger partial charge in [-0.15, -0.1) is 0 Å². The quantitative estimate of drug-likeness (QED) is 0.935. The van der Waals surface area contributed by atoms with Crippen LogP contribution in [0.15, 0.2) is 24.3 Å². The predicted molar refractivity (Wildman–Crippen MR) is 89.2 cm³/mol. The Hall–Kier alpha value is -2.63. The SMILES string of the molecule is COc1ccc2cc(C(=O)N3C[C@@H](C)[C@H](C(=O)O)C3)c(C)nc2c1.